The van der Waals surface area contributed by atoms with E-state index in [4.69, 9.17) is 10.5 Å². The summed E-state index contributed by atoms with van der Waals surface area (Å²) in [5.41, 5.74) is 5.48. The number of nitrogens with one attached hydrogen (secondary N) is 1. The molecular weight excluding hydrogens is 198 g/mol. The van der Waals surface area contributed by atoms with Crippen LogP contribution in [0.5, 0.6) is 0 Å². The second kappa shape index (κ2) is 5.82. The van der Waals surface area contributed by atoms with Gasteiger partial charge in [0.05, 0.1) is 6.61 Å². The van der Waals surface area contributed by atoms with E-state index in [2.05, 4.69) is 23.5 Å². The van der Waals surface area contributed by atoms with Crippen molar-refractivity contribution in [3.05, 3.63) is 6.07 Å². The highest BCUT2D eigenvalue weighted by atomic mass is 32.1. The molecule has 3 N–H and O–H groups in total. The second-order valence-electron chi connectivity index (χ2n) is 3.51. The van der Waals surface area contributed by atoms with Gasteiger partial charge in [0, 0.05) is 19.2 Å². The van der Waals surface area contributed by atoms with E-state index in [1.807, 2.05) is 6.07 Å². The van der Waals surface area contributed by atoms with Gasteiger partial charge in [-0.15, -0.1) is 0 Å². The Morgan fingerprint density at radius 3 is 3.00 bits per heavy atom. The van der Waals surface area contributed by atoms with Crippen LogP contribution in [0.1, 0.15) is 13.8 Å². The number of ether oxygens (including phenoxy) is 1. The van der Waals surface area contributed by atoms with E-state index in [-0.39, 0.29) is 0 Å². The molecule has 0 atom stereocenters. The number of nitrogens with zero attached hydrogens (tertiary/aromatic N) is 1. The van der Waals surface area contributed by atoms with E-state index in [9.17, 15) is 0 Å². The number of nitrogen functional groups attached to an aromatic ring is 1. The quantitative estimate of drug-likeness (QED) is 0.710. The highest BCUT2D eigenvalue weighted by Crippen LogP contribution is 2.16. The molecule has 0 bridgehead atoms. The zero-order chi connectivity index (χ0) is 10.4. The molecule has 1 rings (SSSR count). The zero-order valence-corrected chi connectivity index (χ0v) is 9.43. The van der Waals surface area contributed by atoms with Crippen LogP contribution in [0, 0.1) is 5.92 Å². The predicted molar refractivity (Wildman–Crippen MR) is 60.7 cm³/mol. The van der Waals surface area contributed by atoms with E-state index in [1.165, 1.54) is 11.5 Å². The topological polar surface area (TPSA) is 60.2 Å². The first kappa shape index (κ1) is 11.3. The summed E-state index contributed by atoms with van der Waals surface area (Å²) >= 11 is 1.37. The minimum atomic E-state index is 0.570. The Bertz CT molecular complexity index is 262. The number of rotatable bonds is 6. The SMILES string of the molecule is CC(C)COCCNc1cc(N)ns1. The standard InChI is InChI=1S/C9H17N3OS/c1-7(2)6-13-4-3-11-9-5-8(10)12-14-9/h5,7,11H,3-4,6H2,1-2H3,(H2,10,12). The van der Waals surface area contributed by atoms with Gasteiger partial charge in [0.15, 0.2) is 0 Å². The zero-order valence-electron chi connectivity index (χ0n) is 8.62. The van der Waals surface area contributed by atoms with E-state index in [0.717, 1.165) is 24.8 Å². The third-order valence-corrected chi connectivity index (χ3v) is 2.29. The van der Waals surface area contributed by atoms with Gasteiger partial charge in [-0.2, -0.15) is 4.37 Å². The maximum absolute atomic E-state index is 5.48. The molecule has 1 aromatic heterocycles. The molecule has 0 radical (unpaired) electrons. The summed E-state index contributed by atoms with van der Waals surface area (Å²) in [5.74, 6) is 1.16. The van der Waals surface area contributed by atoms with Crippen molar-refractivity contribution in [1.82, 2.24) is 4.37 Å². The van der Waals surface area contributed by atoms with Crippen LogP contribution in [0.3, 0.4) is 0 Å². The minimum Gasteiger partial charge on any atom is -0.383 e. The molecule has 14 heavy (non-hydrogen) atoms. The molecule has 5 heteroatoms. The third-order valence-electron chi connectivity index (χ3n) is 1.53. The van der Waals surface area contributed by atoms with Gasteiger partial charge in [-0.3, -0.25) is 0 Å². The fourth-order valence-electron chi connectivity index (χ4n) is 0.938. The van der Waals surface area contributed by atoms with Crippen LogP contribution in [0.15, 0.2) is 6.07 Å². The largest absolute Gasteiger partial charge is 0.383 e. The number of hydrogen-bond donors (Lipinski definition) is 2. The van der Waals surface area contributed by atoms with Crippen molar-refractivity contribution in [2.45, 2.75) is 13.8 Å². The molecule has 0 spiro atoms. The van der Waals surface area contributed by atoms with Gasteiger partial charge in [-0.05, 0) is 17.5 Å². The first-order valence-electron chi connectivity index (χ1n) is 4.72. The van der Waals surface area contributed by atoms with E-state index < -0.39 is 0 Å². The van der Waals surface area contributed by atoms with Crippen molar-refractivity contribution in [3.8, 4) is 0 Å². The van der Waals surface area contributed by atoms with Crippen molar-refractivity contribution in [2.75, 3.05) is 30.8 Å². The van der Waals surface area contributed by atoms with Crippen molar-refractivity contribution in [3.63, 3.8) is 0 Å². The number of hydrogen-bond acceptors (Lipinski definition) is 5. The maximum Gasteiger partial charge on any atom is 0.139 e. The summed E-state index contributed by atoms with van der Waals surface area (Å²) in [5, 5.41) is 4.19. The van der Waals surface area contributed by atoms with Crippen molar-refractivity contribution in [2.24, 2.45) is 5.92 Å². The van der Waals surface area contributed by atoms with Gasteiger partial charge in [0.1, 0.15) is 10.8 Å². The highest BCUT2D eigenvalue weighted by Gasteiger charge is 1.97. The molecule has 4 nitrogen and oxygen atoms in total. The van der Waals surface area contributed by atoms with Crippen molar-refractivity contribution < 1.29 is 4.74 Å². The lowest BCUT2D eigenvalue weighted by Gasteiger charge is -2.06. The molecule has 1 aromatic rings. The molecule has 0 aromatic carbocycles. The molecule has 0 aliphatic carbocycles. The molecule has 1 heterocycles. The Kier molecular flexibility index (Phi) is 4.69. The van der Waals surface area contributed by atoms with Crippen molar-refractivity contribution in [1.29, 1.82) is 0 Å². The Morgan fingerprint density at radius 2 is 2.43 bits per heavy atom. The average molecular weight is 215 g/mol. The lowest BCUT2D eigenvalue weighted by Crippen LogP contribution is -2.11. The fourth-order valence-corrected chi connectivity index (χ4v) is 1.53. The summed E-state index contributed by atoms with van der Waals surface area (Å²) in [7, 11) is 0. The summed E-state index contributed by atoms with van der Waals surface area (Å²) in [6.45, 7) is 6.60. The Balaban J connectivity index is 2.04. The van der Waals surface area contributed by atoms with Crippen LogP contribution in [0.25, 0.3) is 0 Å². The van der Waals surface area contributed by atoms with E-state index in [0.29, 0.717) is 11.7 Å². The van der Waals surface area contributed by atoms with Crippen LogP contribution in [-0.4, -0.2) is 24.1 Å². The Morgan fingerprint density at radius 1 is 1.64 bits per heavy atom. The van der Waals surface area contributed by atoms with Crippen LogP contribution in [0.2, 0.25) is 0 Å². The third kappa shape index (κ3) is 4.43. The van der Waals surface area contributed by atoms with E-state index >= 15 is 0 Å². The number of aromatic nitrogens is 1. The molecule has 0 aliphatic heterocycles. The van der Waals surface area contributed by atoms with Gasteiger partial charge in [-0.1, -0.05) is 13.8 Å². The maximum atomic E-state index is 5.48. The first-order valence-corrected chi connectivity index (χ1v) is 5.49. The Labute approximate surface area is 88.6 Å². The normalized spacial score (nSPS) is 10.8. The molecule has 0 aliphatic rings. The molecule has 0 amide bonds. The van der Waals surface area contributed by atoms with Crippen LogP contribution >= 0.6 is 11.5 Å². The first-order chi connectivity index (χ1) is 6.68. The number of nitrogens with two attached hydrogens (primary N) is 1. The van der Waals surface area contributed by atoms with Gasteiger partial charge in [0.2, 0.25) is 0 Å². The number of anilines is 2. The van der Waals surface area contributed by atoms with Gasteiger partial charge in [0.25, 0.3) is 0 Å². The van der Waals surface area contributed by atoms with E-state index in [1.54, 1.807) is 0 Å². The van der Waals surface area contributed by atoms with Crippen LogP contribution in [-0.2, 0) is 4.74 Å². The highest BCUT2D eigenvalue weighted by molar-refractivity contribution is 7.10. The van der Waals surface area contributed by atoms with Crippen LogP contribution in [0.4, 0.5) is 10.8 Å². The second-order valence-corrected chi connectivity index (χ2v) is 4.32. The summed E-state index contributed by atoms with van der Waals surface area (Å²) in [4.78, 5) is 0. The predicted octanol–water partition coefficient (Wildman–Crippen LogP) is 1.81. The molecule has 80 valence electrons. The van der Waals surface area contributed by atoms with Gasteiger partial charge in [-0.25, -0.2) is 0 Å². The lowest BCUT2D eigenvalue weighted by molar-refractivity contribution is 0.118. The fraction of sp³-hybridized carbons (Fsp3) is 0.667. The van der Waals surface area contributed by atoms with Gasteiger partial charge >= 0.3 is 0 Å². The molecule has 0 fully saturated rings. The molecule has 0 saturated carbocycles. The summed E-state index contributed by atoms with van der Waals surface area (Å²) in [6.07, 6.45) is 0. The smallest absolute Gasteiger partial charge is 0.139 e. The summed E-state index contributed by atoms with van der Waals surface area (Å²) in [6, 6.07) is 1.83. The van der Waals surface area contributed by atoms with Gasteiger partial charge < -0.3 is 15.8 Å². The molecule has 0 unspecified atom stereocenters. The summed E-state index contributed by atoms with van der Waals surface area (Å²) < 4.78 is 9.37. The lowest BCUT2D eigenvalue weighted by atomic mass is 10.2. The van der Waals surface area contributed by atoms with Crippen molar-refractivity contribution >= 4 is 22.4 Å². The average Bonchev–Trinajstić information content (AvgIpc) is 2.50. The van der Waals surface area contributed by atoms with Crippen LogP contribution < -0.4 is 11.1 Å². The monoisotopic (exact) mass is 215 g/mol. The minimum absolute atomic E-state index is 0.570. The Hall–Kier alpha value is -0.810. The molecular formula is C9H17N3OS. The molecule has 0 saturated heterocycles.